The second-order valence-electron chi connectivity index (χ2n) is 7.21. The van der Waals surface area contributed by atoms with Gasteiger partial charge in [-0.25, -0.2) is 9.07 Å². The highest BCUT2D eigenvalue weighted by Crippen LogP contribution is 2.22. The van der Waals surface area contributed by atoms with Crippen LogP contribution in [0.1, 0.15) is 16.1 Å². The van der Waals surface area contributed by atoms with E-state index in [1.54, 1.807) is 53.6 Å². The highest BCUT2D eigenvalue weighted by molar-refractivity contribution is 6.31. The fourth-order valence-electron chi connectivity index (χ4n) is 3.46. The van der Waals surface area contributed by atoms with Crippen molar-refractivity contribution in [3.8, 4) is 5.75 Å². The second-order valence-corrected chi connectivity index (χ2v) is 8.06. The average Bonchev–Trinajstić information content (AvgIpc) is 3.25. The predicted molar refractivity (Wildman–Crippen MR) is 117 cm³/mol. The van der Waals surface area contributed by atoms with E-state index in [2.05, 4.69) is 10.00 Å². The molecule has 9 heteroatoms. The third kappa shape index (κ3) is 5.18. The lowest BCUT2D eigenvalue weighted by molar-refractivity contribution is 0.0606. The maximum atomic E-state index is 14.1. The molecular formula is C22H21Cl2FN4O2. The molecule has 1 amide bonds. The van der Waals surface area contributed by atoms with Crippen LogP contribution in [0.4, 0.5) is 4.39 Å². The molecule has 0 N–H and O–H groups in total. The monoisotopic (exact) mass is 462 g/mol. The Bertz CT molecular complexity index is 1030. The van der Waals surface area contributed by atoms with E-state index in [9.17, 15) is 9.18 Å². The normalized spacial score (nSPS) is 14.6. The first-order valence-electron chi connectivity index (χ1n) is 9.86. The summed E-state index contributed by atoms with van der Waals surface area (Å²) in [4.78, 5) is 16.9. The van der Waals surface area contributed by atoms with Crippen molar-refractivity contribution < 1.29 is 13.9 Å². The van der Waals surface area contributed by atoms with Crippen LogP contribution in [0.15, 0.2) is 54.7 Å². The van der Waals surface area contributed by atoms with E-state index in [0.717, 1.165) is 0 Å². The van der Waals surface area contributed by atoms with Gasteiger partial charge in [-0.1, -0.05) is 29.3 Å². The highest BCUT2D eigenvalue weighted by Gasteiger charge is 2.25. The Kier molecular flexibility index (Phi) is 6.75. The van der Waals surface area contributed by atoms with E-state index in [1.165, 1.54) is 10.7 Å². The zero-order valence-corrected chi connectivity index (χ0v) is 18.2. The Morgan fingerprint density at radius 3 is 2.48 bits per heavy atom. The summed E-state index contributed by atoms with van der Waals surface area (Å²) in [6.45, 7) is 2.86. The van der Waals surface area contributed by atoms with E-state index in [4.69, 9.17) is 27.9 Å². The fraction of sp³-hybridized carbons (Fsp3) is 0.273. The summed E-state index contributed by atoms with van der Waals surface area (Å²) in [5, 5.41) is 5.25. The highest BCUT2D eigenvalue weighted by atomic mass is 35.5. The number of amides is 1. The molecule has 3 aromatic rings. The van der Waals surface area contributed by atoms with Gasteiger partial charge in [-0.2, -0.15) is 5.10 Å². The number of hydrogen-bond acceptors (Lipinski definition) is 4. The number of carbonyl (C=O) groups is 1. The van der Waals surface area contributed by atoms with Crippen molar-refractivity contribution in [1.29, 1.82) is 0 Å². The number of halogens is 3. The third-order valence-corrected chi connectivity index (χ3v) is 5.81. The van der Waals surface area contributed by atoms with Crippen LogP contribution in [0.25, 0.3) is 0 Å². The van der Waals surface area contributed by atoms with E-state index in [-0.39, 0.29) is 18.5 Å². The van der Waals surface area contributed by atoms with Crippen LogP contribution in [0.2, 0.25) is 10.0 Å². The summed E-state index contributed by atoms with van der Waals surface area (Å²) < 4.78 is 21.3. The molecule has 162 valence electrons. The molecule has 0 unspecified atom stereocenters. The average molecular weight is 463 g/mol. The molecule has 0 bridgehead atoms. The molecule has 0 radical (unpaired) electrons. The van der Waals surface area contributed by atoms with Crippen molar-refractivity contribution in [1.82, 2.24) is 19.6 Å². The number of ether oxygens (including phenoxy) is 1. The summed E-state index contributed by atoms with van der Waals surface area (Å²) in [6.07, 6.45) is 1.58. The molecule has 2 aromatic carbocycles. The molecule has 1 aromatic heterocycles. The lowest BCUT2D eigenvalue weighted by Gasteiger charge is -2.35. The van der Waals surface area contributed by atoms with Gasteiger partial charge in [-0.15, -0.1) is 0 Å². The Morgan fingerprint density at radius 1 is 1.03 bits per heavy atom. The van der Waals surface area contributed by atoms with E-state index >= 15 is 0 Å². The molecule has 0 atom stereocenters. The molecular weight excluding hydrogens is 442 g/mol. The van der Waals surface area contributed by atoms with Gasteiger partial charge < -0.3 is 9.64 Å². The molecule has 1 fully saturated rings. The standard InChI is InChI=1S/C22H21Cl2FN4O2/c23-16-4-6-17(7-5-16)31-15-29-21(8-9-26-29)22(30)28-12-10-27(11-13-28)14-18-19(24)2-1-3-20(18)25/h1-9H,10-15H2. The maximum absolute atomic E-state index is 14.1. The van der Waals surface area contributed by atoms with Crippen molar-refractivity contribution in [2.75, 3.05) is 26.2 Å². The van der Waals surface area contributed by atoms with Crippen molar-refractivity contribution in [3.63, 3.8) is 0 Å². The van der Waals surface area contributed by atoms with E-state index in [0.29, 0.717) is 59.8 Å². The second kappa shape index (κ2) is 9.68. The molecule has 1 aliphatic heterocycles. The number of nitrogens with zero attached hydrogens (tertiary/aromatic N) is 4. The van der Waals surface area contributed by atoms with Gasteiger partial charge in [0.05, 0.1) is 0 Å². The van der Waals surface area contributed by atoms with Crippen molar-refractivity contribution in [2.45, 2.75) is 13.3 Å². The van der Waals surface area contributed by atoms with Gasteiger partial charge in [0.15, 0.2) is 6.73 Å². The Labute approximate surface area is 189 Å². The summed E-state index contributed by atoms with van der Waals surface area (Å²) in [6, 6.07) is 13.4. The van der Waals surface area contributed by atoms with Crippen LogP contribution < -0.4 is 4.74 Å². The maximum Gasteiger partial charge on any atom is 0.272 e. The quantitative estimate of drug-likeness (QED) is 0.547. The number of hydrogen-bond donors (Lipinski definition) is 0. The van der Waals surface area contributed by atoms with Gasteiger partial charge >= 0.3 is 0 Å². The van der Waals surface area contributed by atoms with Gasteiger partial charge in [0, 0.05) is 54.5 Å². The molecule has 1 aliphatic rings. The van der Waals surface area contributed by atoms with Gasteiger partial charge in [0.25, 0.3) is 5.91 Å². The van der Waals surface area contributed by atoms with Gasteiger partial charge in [0.1, 0.15) is 17.3 Å². The SMILES string of the molecule is O=C(c1ccnn1COc1ccc(Cl)cc1)N1CCN(Cc2c(F)cccc2Cl)CC1. The van der Waals surface area contributed by atoms with Crippen molar-refractivity contribution in [2.24, 2.45) is 0 Å². The first-order chi connectivity index (χ1) is 15.0. The Balaban J connectivity index is 1.34. The largest absolute Gasteiger partial charge is 0.471 e. The minimum atomic E-state index is -0.310. The zero-order valence-electron chi connectivity index (χ0n) is 16.7. The lowest BCUT2D eigenvalue weighted by Crippen LogP contribution is -2.48. The summed E-state index contributed by atoms with van der Waals surface area (Å²) in [5.41, 5.74) is 0.945. The molecule has 4 rings (SSSR count). The first kappa shape index (κ1) is 21.6. The van der Waals surface area contributed by atoms with E-state index in [1.807, 2.05) is 0 Å². The van der Waals surface area contributed by atoms with Gasteiger partial charge in [0.2, 0.25) is 0 Å². The minimum Gasteiger partial charge on any atom is -0.471 e. The topological polar surface area (TPSA) is 50.6 Å². The van der Waals surface area contributed by atoms with Crippen LogP contribution in [0.5, 0.6) is 5.75 Å². The number of carbonyl (C=O) groups excluding carboxylic acids is 1. The van der Waals surface area contributed by atoms with Gasteiger partial charge in [-0.3, -0.25) is 9.69 Å². The summed E-state index contributed by atoms with van der Waals surface area (Å²) in [7, 11) is 0. The minimum absolute atomic E-state index is 0.110. The summed E-state index contributed by atoms with van der Waals surface area (Å²) in [5.74, 6) is 0.218. The number of rotatable bonds is 6. The van der Waals surface area contributed by atoms with Crippen molar-refractivity contribution >= 4 is 29.1 Å². The first-order valence-corrected chi connectivity index (χ1v) is 10.6. The molecule has 0 spiro atoms. The predicted octanol–water partition coefficient (Wildman–Crippen LogP) is 4.32. The Morgan fingerprint density at radius 2 is 1.77 bits per heavy atom. The molecule has 1 saturated heterocycles. The molecule has 31 heavy (non-hydrogen) atoms. The molecule has 0 saturated carbocycles. The van der Waals surface area contributed by atoms with E-state index < -0.39 is 0 Å². The number of piperazine rings is 1. The zero-order chi connectivity index (χ0) is 21.8. The molecule has 0 aliphatic carbocycles. The number of benzene rings is 2. The van der Waals surface area contributed by atoms with Gasteiger partial charge in [-0.05, 0) is 42.5 Å². The van der Waals surface area contributed by atoms with Crippen LogP contribution >= 0.6 is 23.2 Å². The smallest absolute Gasteiger partial charge is 0.272 e. The van der Waals surface area contributed by atoms with Crippen LogP contribution in [-0.4, -0.2) is 51.7 Å². The van der Waals surface area contributed by atoms with Crippen LogP contribution in [0.3, 0.4) is 0 Å². The number of aromatic nitrogens is 2. The van der Waals surface area contributed by atoms with Crippen LogP contribution in [0, 0.1) is 5.82 Å². The molecule has 2 heterocycles. The summed E-state index contributed by atoms with van der Waals surface area (Å²) >= 11 is 12.0. The Hall–Kier alpha value is -2.61. The van der Waals surface area contributed by atoms with Crippen LogP contribution in [-0.2, 0) is 13.3 Å². The fourth-order valence-corrected chi connectivity index (χ4v) is 3.81. The third-order valence-electron chi connectivity index (χ3n) is 5.21. The van der Waals surface area contributed by atoms with Crippen molar-refractivity contribution in [3.05, 3.63) is 81.8 Å². The molecule has 6 nitrogen and oxygen atoms in total. The lowest BCUT2D eigenvalue weighted by atomic mass is 10.1.